The number of alkyl carbamates (subject to hydrolysis) is 1. The van der Waals surface area contributed by atoms with Crippen LogP contribution in [0.2, 0.25) is 0 Å². The zero-order chi connectivity index (χ0) is 28.0. The molecule has 1 aromatic rings. The summed E-state index contributed by atoms with van der Waals surface area (Å²) in [5.41, 5.74) is 1.15. The summed E-state index contributed by atoms with van der Waals surface area (Å²) in [5.74, 6) is -0.783. The van der Waals surface area contributed by atoms with E-state index in [1.807, 2.05) is 52.8 Å². The van der Waals surface area contributed by atoms with Gasteiger partial charge in [-0.2, -0.15) is 0 Å². The minimum absolute atomic E-state index is 0.0593. The molecular weight excluding hydrogens is 470 g/mol. The Hall–Kier alpha value is -2.61. The van der Waals surface area contributed by atoms with Gasteiger partial charge in [0.15, 0.2) is 0 Å². The molecule has 0 saturated heterocycles. The Morgan fingerprint density at radius 1 is 1.08 bits per heavy atom. The van der Waals surface area contributed by atoms with E-state index in [4.69, 9.17) is 4.74 Å². The first-order valence-corrected chi connectivity index (χ1v) is 13.5. The number of aliphatic hydroxyl groups is 1. The van der Waals surface area contributed by atoms with Crippen molar-refractivity contribution in [2.24, 2.45) is 0 Å². The van der Waals surface area contributed by atoms with Crippen molar-refractivity contribution in [1.29, 1.82) is 0 Å². The normalized spacial score (nSPS) is 16.5. The van der Waals surface area contributed by atoms with Gasteiger partial charge < -0.3 is 25.4 Å². The van der Waals surface area contributed by atoms with Crippen LogP contribution in [0.4, 0.5) is 4.79 Å². The van der Waals surface area contributed by atoms with E-state index in [9.17, 15) is 19.5 Å². The van der Waals surface area contributed by atoms with Crippen LogP contribution in [0.5, 0.6) is 0 Å². The second-order valence-corrected chi connectivity index (χ2v) is 11.8. The molecule has 0 heterocycles. The van der Waals surface area contributed by atoms with Gasteiger partial charge in [0.25, 0.3) is 0 Å². The summed E-state index contributed by atoms with van der Waals surface area (Å²) >= 11 is 0. The number of ether oxygens (including phenoxy) is 1. The van der Waals surface area contributed by atoms with Crippen LogP contribution in [-0.4, -0.2) is 57.7 Å². The number of carbonyl (C=O) groups excluding carboxylic acids is 3. The van der Waals surface area contributed by atoms with E-state index in [2.05, 4.69) is 10.6 Å². The topological polar surface area (TPSA) is 108 Å². The summed E-state index contributed by atoms with van der Waals surface area (Å²) in [4.78, 5) is 42.2. The lowest BCUT2D eigenvalue weighted by Crippen LogP contribution is -2.60. The van der Waals surface area contributed by atoms with Crippen molar-refractivity contribution in [2.45, 2.75) is 123 Å². The lowest BCUT2D eigenvalue weighted by molar-refractivity contribution is -0.150. The molecule has 8 heteroatoms. The van der Waals surface area contributed by atoms with Gasteiger partial charge in [0.05, 0.1) is 6.61 Å². The molecule has 8 nitrogen and oxygen atoms in total. The van der Waals surface area contributed by atoms with Crippen molar-refractivity contribution in [1.82, 2.24) is 15.5 Å². The van der Waals surface area contributed by atoms with E-state index in [0.29, 0.717) is 6.42 Å². The van der Waals surface area contributed by atoms with Crippen LogP contribution in [0.1, 0.15) is 103 Å². The third kappa shape index (κ3) is 8.19. The molecule has 0 spiro atoms. The molecular formula is C29H47N3O5. The van der Waals surface area contributed by atoms with E-state index in [1.165, 1.54) is 0 Å². The summed E-state index contributed by atoms with van der Waals surface area (Å²) in [7, 11) is 0. The molecule has 1 aromatic carbocycles. The maximum absolute atomic E-state index is 14.1. The van der Waals surface area contributed by atoms with Gasteiger partial charge in [-0.1, -0.05) is 44.4 Å². The molecule has 2 atom stereocenters. The number of rotatable bonds is 9. The quantitative estimate of drug-likeness (QED) is 0.440. The number of benzene rings is 1. The average Bonchev–Trinajstić information content (AvgIpc) is 2.82. The standard InChI is InChI=1S/C29H47N3O5/c1-9-29(7,8)32(26(35)23(18-33)31-27(36)37-28(4,5)6)24(22-17-13-14-19(2)20(22)3)25(34)30-21-15-11-10-12-16-21/h13-14,17,21,23-24,33H,9-12,15-16,18H2,1-8H3,(H,30,34)(H,31,36). The Morgan fingerprint density at radius 3 is 2.24 bits per heavy atom. The van der Waals surface area contributed by atoms with Gasteiger partial charge in [-0.25, -0.2) is 4.79 Å². The third-order valence-corrected chi connectivity index (χ3v) is 7.33. The molecule has 208 valence electrons. The van der Waals surface area contributed by atoms with Crippen LogP contribution in [0.15, 0.2) is 18.2 Å². The fourth-order valence-corrected chi connectivity index (χ4v) is 4.74. The highest BCUT2D eigenvalue weighted by atomic mass is 16.6. The Morgan fingerprint density at radius 2 is 1.70 bits per heavy atom. The molecule has 37 heavy (non-hydrogen) atoms. The van der Waals surface area contributed by atoms with Crippen LogP contribution in [0.3, 0.4) is 0 Å². The maximum Gasteiger partial charge on any atom is 0.408 e. The molecule has 1 saturated carbocycles. The zero-order valence-electron chi connectivity index (χ0n) is 23.9. The fraction of sp³-hybridized carbons (Fsp3) is 0.690. The van der Waals surface area contributed by atoms with Gasteiger partial charge in [-0.05, 0) is 84.4 Å². The van der Waals surface area contributed by atoms with Gasteiger partial charge in [0.1, 0.15) is 17.7 Å². The first-order valence-electron chi connectivity index (χ1n) is 13.5. The van der Waals surface area contributed by atoms with Crippen LogP contribution < -0.4 is 10.6 Å². The van der Waals surface area contributed by atoms with Crippen molar-refractivity contribution in [2.75, 3.05) is 6.61 Å². The first kappa shape index (κ1) is 30.6. The average molecular weight is 518 g/mol. The fourth-order valence-electron chi connectivity index (χ4n) is 4.74. The van der Waals surface area contributed by atoms with Gasteiger partial charge in [0.2, 0.25) is 11.8 Å². The first-order chi connectivity index (χ1) is 17.2. The molecule has 0 aromatic heterocycles. The number of nitrogens with zero attached hydrogens (tertiary/aromatic N) is 1. The Bertz CT molecular complexity index is 947. The smallest absolute Gasteiger partial charge is 0.408 e. The molecule has 2 rings (SSSR count). The maximum atomic E-state index is 14.1. The minimum Gasteiger partial charge on any atom is -0.444 e. The number of hydrogen-bond acceptors (Lipinski definition) is 5. The highest BCUT2D eigenvalue weighted by Crippen LogP contribution is 2.35. The van der Waals surface area contributed by atoms with Gasteiger partial charge >= 0.3 is 6.09 Å². The Kier molecular flexibility index (Phi) is 10.6. The van der Waals surface area contributed by atoms with Crippen molar-refractivity contribution in [3.63, 3.8) is 0 Å². The molecule has 1 fully saturated rings. The number of hydrogen-bond donors (Lipinski definition) is 3. The van der Waals surface area contributed by atoms with Crippen molar-refractivity contribution < 1.29 is 24.2 Å². The summed E-state index contributed by atoms with van der Waals surface area (Å²) < 4.78 is 5.33. The molecule has 3 amide bonds. The van der Waals surface area contributed by atoms with E-state index in [0.717, 1.165) is 48.8 Å². The SMILES string of the molecule is CCC(C)(C)N(C(=O)C(CO)NC(=O)OC(C)(C)C)C(C(=O)NC1CCCCC1)c1cccc(C)c1C. The Labute approximate surface area is 222 Å². The highest BCUT2D eigenvalue weighted by molar-refractivity contribution is 5.93. The number of aryl methyl sites for hydroxylation is 1. The van der Waals surface area contributed by atoms with Crippen molar-refractivity contribution in [3.8, 4) is 0 Å². The summed E-state index contributed by atoms with van der Waals surface area (Å²) in [5, 5.41) is 15.9. The zero-order valence-corrected chi connectivity index (χ0v) is 23.9. The van der Waals surface area contributed by atoms with E-state index in [-0.39, 0.29) is 11.9 Å². The van der Waals surface area contributed by atoms with Crippen LogP contribution in [-0.2, 0) is 14.3 Å². The summed E-state index contributed by atoms with van der Waals surface area (Å²) in [6.45, 7) is 14.2. The molecule has 1 aliphatic carbocycles. The van der Waals surface area contributed by atoms with Crippen LogP contribution in [0.25, 0.3) is 0 Å². The summed E-state index contributed by atoms with van der Waals surface area (Å²) in [6.07, 6.45) is 4.87. The van der Waals surface area contributed by atoms with E-state index < -0.39 is 41.8 Å². The predicted octanol–water partition coefficient (Wildman–Crippen LogP) is 4.70. The van der Waals surface area contributed by atoms with E-state index in [1.54, 1.807) is 25.7 Å². The number of aliphatic hydroxyl groups excluding tert-OH is 1. The van der Waals surface area contributed by atoms with Gasteiger partial charge in [-0.3, -0.25) is 9.59 Å². The van der Waals surface area contributed by atoms with Crippen LogP contribution >= 0.6 is 0 Å². The number of nitrogens with one attached hydrogen (secondary N) is 2. The molecule has 0 aliphatic heterocycles. The second kappa shape index (κ2) is 12.8. The second-order valence-electron chi connectivity index (χ2n) is 11.8. The molecule has 1 aliphatic rings. The third-order valence-electron chi connectivity index (χ3n) is 7.33. The number of carbonyl (C=O) groups is 3. The lowest BCUT2D eigenvalue weighted by Gasteiger charge is -2.45. The molecule has 0 radical (unpaired) electrons. The largest absolute Gasteiger partial charge is 0.444 e. The molecule has 2 unspecified atom stereocenters. The molecule has 3 N–H and O–H groups in total. The predicted molar refractivity (Wildman–Crippen MR) is 145 cm³/mol. The van der Waals surface area contributed by atoms with Gasteiger partial charge in [-0.15, -0.1) is 0 Å². The highest BCUT2D eigenvalue weighted by Gasteiger charge is 2.44. The monoisotopic (exact) mass is 517 g/mol. The van der Waals surface area contributed by atoms with E-state index >= 15 is 0 Å². The van der Waals surface area contributed by atoms with Crippen molar-refractivity contribution in [3.05, 3.63) is 34.9 Å². The van der Waals surface area contributed by atoms with Gasteiger partial charge in [0, 0.05) is 11.6 Å². The molecule has 0 bridgehead atoms. The Balaban J connectivity index is 2.56. The summed E-state index contributed by atoms with van der Waals surface area (Å²) in [6, 6.07) is 3.61. The van der Waals surface area contributed by atoms with Crippen molar-refractivity contribution >= 4 is 17.9 Å². The lowest BCUT2D eigenvalue weighted by atomic mass is 9.88. The minimum atomic E-state index is -1.27. The number of amides is 3. The van der Waals surface area contributed by atoms with Crippen LogP contribution in [0, 0.1) is 13.8 Å².